The summed E-state index contributed by atoms with van der Waals surface area (Å²) in [4.78, 5) is 79.5. The Bertz CT molecular complexity index is 2560. The molecule has 29 nitrogen and oxygen atoms in total. The molecule has 1 aromatic rings. The molecule has 1 saturated heterocycles. The lowest BCUT2D eigenvalue weighted by Crippen LogP contribution is -2.71. The predicted molar refractivity (Wildman–Crippen MR) is 295 cm³/mol. The number of nitro benzene ring substituents is 1. The number of aliphatic hydroxyl groups is 5. The van der Waals surface area contributed by atoms with E-state index < -0.39 is 183 Å². The number of amides is 5. The molecule has 30 heteroatoms. The van der Waals surface area contributed by atoms with Gasteiger partial charge in [0.15, 0.2) is 11.2 Å². The van der Waals surface area contributed by atoms with Gasteiger partial charge in [-0.15, -0.1) is 0 Å². The number of carbonyl (C=O) groups excluding carboxylic acids is 5. The van der Waals surface area contributed by atoms with E-state index in [0.29, 0.717) is 0 Å². The maximum atomic E-state index is 14.6. The van der Waals surface area contributed by atoms with Gasteiger partial charge in [0.2, 0.25) is 10.0 Å². The van der Waals surface area contributed by atoms with Crippen molar-refractivity contribution in [3.05, 3.63) is 46.2 Å². The molecule has 1 aliphatic carbocycles. The van der Waals surface area contributed by atoms with Crippen LogP contribution in [0.1, 0.15) is 116 Å². The van der Waals surface area contributed by atoms with E-state index in [9.17, 15) is 68.0 Å². The minimum Gasteiger partial charge on any atom is -0.491 e. The van der Waals surface area contributed by atoms with Gasteiger partial charge in [0.1, 0.15) is 58.2 Å². The highest BCUT2D eigenvalue weighted by Gasteiger charge is 2.57. The number of para-hydroxylation sites is 1. The second kappa shape index (κ2) is 28.0. The monoisotopic (exact) mass is 1200 g/mol. The number of benzene rings is 1. The average Bonchev–Trinajstić information content (AvgIpc) is 3.32. The van der Waals surface area contributed by atoms with Crippen molar-refractivity contribution in [2.24, 2.45) is 11.7 Å². The van der Waals surface area contributed by atoms with Crippen LogP contribution in [0.4, 0.5) is 24.9 Å². The Morgan fingerprint density at radius 3 is 1.95 bits per heavy atom. The summed E-state index contributed by atoms with van der Waals surface area (Å²) in [6.45, 7) is 17.9. The van der Waals surface area contributed by atoms with Gasteiger partial charge in [-0.3, -0.25) is 14.9 Å². The molecule has 1 aromatic carbocycles. The van der Waals surface area contributed by atoms with Gasteiger partial charge in [-0.25, -0.2) is 27.6 Å². The molecule has 13 atom stereocenters. The van der Waals surface area contributed by atoms with Gasteiger partial charge in [0.25, 0.3) is 11.6 Å². The fraction of sp³-hybridized carbons (Fsp3) is 0.755. The first-order chi connectivity index (χ1) is 38.0. The van der Waals surface area contributed by atoms with Crippen molar-refractivity contribution in [3.63, 3.8) is 0 Å². The third-order valence-corrected chi connectivity index (χ3v) is 14.9. The Hall–Kier alpha value is -5.70. The van der Waals surface area contributed by atoms with Crippen molar-refractivity contribution in [2.75, 3.05) is 39.8 Å². The summed E-state index contributed by atoms with van der Waals surface area (Å²) in [6.07, 6.45) is -15.5. The summed E-state index contributed by atoms with van der Waals surface area (Å²) in [7, 11) is -3.53. The zero-order chi connectivity index (χ0) is 63.0. The number of alkyl carbamates (subject to hydrolysis) is 3. The average molecular weight is 1210 g/mol. The quantitative estimate of drug-likeness (QED) is 0.0507. The Kier molecular flexibility index (Phi) is 23.5. The Morgan fingerprint density at radius 1 is 0.843 bits per heavy atom. The summed E-state index contributed by atoms with van der Waals surface area (Å²) in [6, 6.07) is -1.05. The predicted octanol–water partition coefficient (Wildman–Crippen LogP) is 1.98. The number of likely N-dealkylation sites (N-methyl/N-ethyl adjacent to an activating group) is 1. The number of aliphatic hydroxyl groups excluding tert-OH is 4. The van der Waals surface area contributed by atoms with E-state index in [1.165, 1.54) is 32.2 Å². The number of nitrogens with one attached hydrogen (secondary N) is 4. The second-order valence-electron chi connectivity index (χ2n) is 25.1. The lowest BCUT2D eigenvalue weighted by molar-refractivity contribution is -0.387. The topological polar surface area (TPSA) is 409 Å². The van der Waals surface area contributed by atoms with Crippen LogP contribution in [0.2, 0.25) is 0 Å². The van der Waals surface area contributed by atoms with Crippen LogP contribution in [-0.2, 0) is 48.0 Å². The molecule has 4 rings (SSSR count). The molecular weight excluding hydrogens is 1120 g/mol. The number of rotatable bonds is 20. The highest BCUT2D eigenvalue weighted by Crippen LogP contribution is 2.40. The third-order valence-electron chi connectivity index (χ3n) is 13.0. The van der Waals surface area contributed by atoms with Crippen molar-refractivity contribution < 1.29 is 96.0 Å². The molecule has 83 heavy (non-hydrogen) atoms. The number of hydrogen-bond donors (Lipinski definition) is 10. The van der Waals surface area contributed by atoms with Crippen molar-refractivity contribution in [1.82, 2.24) is 30.5 Å². The molecule has 2 fully saturated rings. The van der Waals surface area contributed by atoms with Gasteiger partial charge in [-0.2, -0.15) is 4.31 Å². The van der Waals surface area contributed by atoms with E-state index in [-0.39, 0.29) is 38.1 Å². The summed E-state index contributed by atoms with van der Waals surface area (Å²) in [5, 5.41) is 81.0. The molecule has 0 bridgehead atoms. The van der Waals surface area contributed by atoms with E-state index in [0.717, 1.165) is 21.3 Å². The zero-order valence-corrected chi connectivity index (χ0v) is 50.6. The first-order valence-corrected chi connectivity index (χ1v) is 28.7. The van der Waals surface area contributed by atoms with E-state index in [1.54, 1.807) is 83.1 Å². The smallest absolute Gasteiger partial charge is 0.410 e. The molecular formula is C53H88N8O21S. The fourth-order valence-electron chi connectivity index (χ4n) is 9.59. The number of hydrogen-bond acceptors (Lipinski definition) is 22. The van der Waals surface area contributed by atoms with Crippen LogP contribution >= 0.6 is 0 Å². The second-order valence-corrected chi connectivity index (χ2v) is 27.0. The number of ether oxygens (including phenoxy) is 7. The van der Waals surface area contributed by atoms with Gasteiger partial charge in [-0.1, -0.05) is 12.1 Å². The number of carbonyl (C=O) groups is 5. The minimum absolute atomic E-state index is 0.00217. The van der Waals surface area contributed by atoms with Gasteiger partial charge < -0.3 is 90.6 Å². The fourth-order valence-corrected chi connectivity index (χ4v) is 11.2. The van der Waals surface area contributed by atoms with E-state index in [1.807, 2.05) is 0 Å². The van der Waals surface area contributed by atoms with E-state index >= 15 is 0 Å². The Morgan fingerprint density at radius 2 is 1.40 bits per heavy atom. The van der Waals surface area contributed by atoms with Gasteiger partial charge in [0.05, 0.1) is 55.0 Å². The highest BCUT2D eigenvalue weighted by atomic mass is 32.2. The van der Waals surface area contributed by atoms with Crippen molar-refractivity contribution in [2.45, 2.75) is 216 Å². The number of nitro groups is 1. The van der Waals surface area contributed by atoms with Gasteiger partial charge >= 0.3 is 24.4 Å². The van der Waals surface area contributed by atoms with Crippen molar-refractivity contribution in [3.8, 4) is 0 Å². The van der Waals surface area contributed by atoms with Crippen molar-refractivity contribution in [1.29, 1.82) is 0 Å². The van der Waals surface area contributed by atoms with Crippen LogP contribution in [0.3, 0.4) is 0 Å². The summed E-state index contributed by atoms with van der Waals surface area (Å²) >= 11 is 0. The standard InChI is InChI=1S/C53H88N8O21S/c1-49(2,3)79-45(67)55-26-35(63)43(66)56-33-24-32(58-47(69)81-51(7,8)9)37(38(64)41(33)78-44-39(65)42(53(13,71)28-76-44)59(14)48(70)82-52(10,11)12)40-31(57-46(68)80-50(4,5)6)22-21-30(77-40)27-60(23-17-18-29(62)25-54)83(74,75)36-20-16-15-19-34(36)61(72)73/h15-16,19-21,29,31-33,35,37-42,44,62-65,71H,17-18,22-28,54H2,1-14H3,(H,55,67)(H,56,66)(H,57,68)(H,58,69)/t29?,31-,32+,33-,35+,37-,38+,39-,40?,41+,42-,44-,53+/m1/s1. The summed E-state index contributed by atoms with van der Waals surface area (Å²) in [5.41, 5.74) is -1.24. The van der Waals surface area contributed by atoms with Crippen LogP contribution in [0.5, 0.6) is 0 Å². The molecule has 0 radical (unpaired) electrons. The lowest BCUT2D eigenvalue weighted by Gasteiger charge is -2.52. The van der Waals surface area contributed by atoms with E-state index in [2.05, 4.69) is 21.3 Å². The number of nitrogens with zero attached hydrogens (tertiary/aromatic N) is 3. The highest BCUT2D eigenvalue weighted by molar-refractivity contribution is 7.89. The van der Waals surface area contributed by atoms with Crippen LogP contribution < -0.4 is 27.0 Å². The molecule has 0 spiro atoms. The van der Waals surface area contributed by atoms with E-state index in [4.69, 9.17) is 38.9 Å². The molecule has 2 unspecified atom stereocenters. The Labute approximate surface area is 484 Å². The zero-order valence-electron chi connectivity index (χ0n) is 49.8. The normalized spacial score (nSPS) is 26.9. The molecule has 2 heterocycles. The summed E-state index contributed by atoms with van der Waals surface area (Å²) < 4.78 is 71.3. The minimum atomic E-state index is -4.79. The first-order valence-electron chi connectivity index (χ1n) is 27.3. The lowest BCUT2D eigenvalue weighted by atomic mass is 9.72. The first kappa shape index (κ1) is 69.8. The van der Waals surface area contributed by atoms with Crippen LogP contribution in [0, 0.1) is 16.0 Å². The SMILES string of the molecule is CN(C(=O)OC(C)(C)C)[C@@H]1[C@@H](O)[C@@H](O[C@@H]2[C@@H](O)[C@H](C3OC(CN(CCCC(O)CN)S(=O)(=O)c4ccccc4[N+](=O)[O-])=CC[C@H]3NC(=O)OC(C)(C)C)[C@@H](NC(=O)OC(C)(C)C)C[C@H]2NC(=O)[C@@H](O)CNC(=O)OC(C)(C)C)OC[C@]1(C)O. The number of sulfonamides is 1. The molecule has 5 amide bonds. The largest absolute Gasteiger partial charge is 0.491 e. The van der Waals surface area contributed by atoms with Crippen molar-refractivity contribution >= 4 is 46.0 Å². The molecule has 11 N–H and O–H groups in total. The molecule has 472 valence electrons. The van der Waals surface area contributed by atoms with Crippen LogP contribution in [0.25, 0.3) is 0 Å². The maximum Gasteiger partial charge on any atom is 0.410 e. The number of nitrogens with two attached hydrogens (primary N) is 1. The van der Waals surface area contributed by atoms with Gasteiger partial charge in [-0.05, 0) is 128 Å². The molecule has 2 aliphatic heterocycles. The van der Waals surface area contributed by atoms with Gasteiger partial charge in [0, 0.05) is 38.2 Å². The van der Waals surface area contributed by atoms with Crippen LogP contribution in [-0.4, -0.2) is 213 Å². The Balaban J connectivity index is 1.94. The summed E-state index contributed by atoms with van der Waals surface area (Å²) in [5.74, 6) is -2.83. The molecule has 0 aromatic heterocycles. The van der Waals surface area contributed by atoms with Crippen LogP contribution in [0.15, 0.2) is 41.0 Å². The maximum absolute atomic E-state index is 14.6. The molecule has 1 saturated carbocycles. The molecule has 3 aliphatic rings. The third kappa shape index (κ3) is 20.5.